The fraction of sp³-hybridized carbons (Fsp3) is 0.353. The first-order chi connectivity index (χ1) is 11.1. The SMILES string of the molecule is Cc1noc(C)c1C(=O)O[C@H](C(=O)NC1CC1)c1ccccc1. The third-order valence-corrected chi connectivity index (χ3v) is 3.73. The van der Waals surface area contributed by atoms with Crippen LogP contribution < -0.4 is 5.32 Å². The maximum atomic E-state index is 12.4. The molecular weight excluding hydrogens is 296 g/mol. The molecule has 1 N–H and O–H groups in total. The van der Waals surface area contributed by atoms with Crippen molar-refractivity contribution in [3.8, 4) is 0 Å². The molecule has 0 radical (unpaired) electrons. The molecule has 1 heterocycles. The topological polar surface area (TPSA) is 81.4 Å². The number of nitrogens with one attached hydrogen (secondary N) is 1. The molecule has 6 nitrogen and oxygen atoms in total. The van der Waals surface area contributed by atoms with Crippen LogP contribution in [-0.2, 0) is 9.53 Å². The van der Waals surface area contributed by atoms with Crippen molar-refractivity contribution in [2.24, 2.45) is 0 Å². The van der Waals surface area contributed by atoms with E-state index in [1.165, 1.54) is 0 Å². The molecule has 1 aromatic heterocycles. The van der Waals surface area contributed by atoms with Gasteiger partial charge in [0.2, 0.25) is 6.10 Å². The van der Waals surface area contributed by atoms with E-state index in [1.54, 1.807) is 38.1 Å². The molecule has 1 aromatic carbocycles. The number of carbonyl (C=O) groups excluding carboxylic acids is 2. The van der Waals surface area contributed by atoms with Gasteiger partial charge in [0, 0.05) is 11.6 Å². The number of amides is 1. The van der Waals surface area contributed by atoms with Crippen molar-refractivity contribution in [3.63, 3.8) is 0 Å². The molecule has 2 aromatic rings. The molecule has 6 heteroatoms. The molecule has 1 atom stereocenters. The van der Waals surface area contributed by atoms with E-state index in [4.69, 9.17) is 9.26 Å². The van der Waals surface area contributed by atoms with Crippen LogP contribution in [0.1, 0.15) is 46.3 Å². The second-order valence-corrected chi connectivity index (χ2v) is 5.68. The highest BCUT2D eigenvalue weighted by molar-refractivity contribution is 5.94. The summed E-state index contributed by atoms with van der Waals surface area (Å²) in [6, 6.07) is 9.16. The molecule has 1 aliphatic rings. The quantitative estimate of drug-likeness (QED) is 0.857. The zero-order valence-electron chi connectivity index (χ0n) is 13.0. The molecule has 0 spiro atoms. The van der Waals surface area contributed by atoms with Gasteiger partial charge in [-0.1, -0.05) is 35.5 Å². The second-order valence-electron chi connectivity index (χ2n) is 5.68. The summed E-state index contributed by atoms with van der Waals surface area (Å²) < 4.78 is 10.5. The van der Waals surface area contributed by atoms with Crippen LogP contribution in [0.3, 0.4) is 0 Å². The molecule has 3 rings (SSSR count). The Bertz CT molecular complexity index is 700. The van der Waals surface area contributed by atoms with Crippen LogP contribution in [0.4, 0.5) is 0 Å². The standard InChI is InChI=1S/C17H18N2O4/c1-10-14(11(2)23-19-10)17(21)22-15(12-6-4-3-5-7-12)16(20)18-13-8-9-13/h3-7,13,15H,8-9H2,1-2H3,(H,18,20)/t15-/m0/s1. The number of nitrogens with zero attached hydrogens (tertiary/aromatic N) is 1. The van der Waals surface area contributed by atoms with Crippen molar-refractivity contribution < 1.29 is 18.8 Å². The summed E-state index contributed by atoms with van der Waals surface area (Å²) in [6.07, 6.45) is 0.939. The summed E-state index contributed by atoms with van der Waals surface area (Å²) in [5.74, 6) is -0.540. The van der Waals surface area contributed by atoms with Crippen molar-refractivity contribution >= 4 is 11.9 Å². The van der Waals surface area contributed by atoms with Crippen LogP contribution in [0.25, 0.3) is 0 Å². The third kappa shape index (κ3) is 3.41. The Labute approximate surface area is 133 Å². The van der Waals surface area contributed by atoms with Crippen LogP contribution >= 0.6 is 0 Å². The van der Waals surface area contributed by atoms with Crippen LogP contribution in [0, 0.1) is 13.8 Å². The zero-order valence-corrected chi connectivity index (χ0v) is 13.0. The van der Waals surface area contributed by atoms with Gasteiger partial charge in [-0.05, 0) is 26.7 Å². The summed E-state index contributed by atoms with van der Waals surface area (Å²) in [7, 11) is 0. The van der Waals surface area contributed by atoms with Crippen molar-refractivity contribution in [3.05, 3.63) is 52.9 Å². The van der Waals surface area contributed by atoms with Crippen LogP contribution in [0.15, 0.2) is 34.9 Å². The number of carbonyl (C=O) groups is 2. The van der Waals surface area contributed by atoms with Crippen LogP contribution in [-0.4, -0.2) is 23.1 Å². The summed E-state index contributed by atoms with van der Waals surface area (Å²) in [5.41, 5.74) is 1.35. The van der Waals surface area contributed by atoms with E-state index < -0.39 is 12.1 Å². The lowest BCUT2D eigenvalue weighted by atomic mass is 10.1. The van der Waals surface area contributed by atoms with Gasteiger partial charge in [-0.25, -0.2) is 4.79 Å². The van der Waals surface area contributed by atoms with Gasteiger partial charge < -0.3 is 14.6 Å². The molecule has 1 saturated carbocycles. The lowest BCUT2D eigenvalue weighted by Crippen LogP contribution is -2.33. The van der Waals surface area contributed by atoms with Crippen molar-refractivity contribution in [1.29, 1.82) is 0 Å². The van der Waals surface area contributed by atoms with Crippen molar-refractivity contribution in [2.75, 3.05) is 0 Å². The molecule has 0 unspecified atom stereocenters. The fourth-order valence-corrected chi connectivity index (χ4v) is 2.35. The number of esters is 1. The molecular formula is C17H18N2O4. The minimum Gasteiger partial charge on any atom is -0.444 e. The smallest absolute Gasteiger partial charge is 0.344 e. The first kappa shape index (κ1) is 15.3. The maximum absolute atomic E-state index is 12.4. The highest BCUT2D eigenvalue weighted by Crippen LogP contribution is 2.25. The van der Waals surface area contributed by atoms with E-state index in [0.29, 0.717) is 17.0 Å². The summed E-state index contributed by atoms with van der Waals surface area (Å²) in [6.45, 7) is 3.30. The van der Waals surface area contributed by atoms with E-state index in [2.05, 4.69) is 10.5 Å². The number of aryl methyl sites for hydroxylation is 2. The van der Waals surface area contributed by atoms with Gasteiger partial charge in [0.25, 0.3) is 5.91 Å². The van der Waals surface area contributed by atoms with E-state index in [-0.39, 0.29) is 17.5 Å². The van der Waals surface area contributed by atoms with Gasteiger partial charge >= 0.3 is 5.97 Å². The first-order valence-corrected chi connectivity index (χ1v) is 7.55. The van der Waals surface area contributed by atoms with Crippen molar-refractivity contribution in [2.45, 2.75) is 38.8 Å². The van der Waals surface area contributed by atoms with Crippen LogP contribution in [0.2, 0.25) is 0 Å². The molecule has 1 fully saturated rings. The number of rotatable bonds is 5. The molecule has 120 valence electrons. The predicted octanol–water partition coefficient (Wildman–Crippen LogP) is 2.47. The van der Waals surface area contributed by atoms with Gasteiger partial charge in [0.15, 0.2) is 0 Å². The van der Waals surface area contributed by atoms with Gasteiger partial charge in [-0.3, -0.25) is 4.79 Å². The minimum absolute atomic E-state index is 0.187. The van der Waals surface area contributed by atoms with E-state index >= 15 is 0 Å². The Morgan fingerprint density at radius 1 is 1.26 bits per heavy atom. The second kappa shape index (κ2) is 6.24. The van der Waals surface area contributed by atoms with E-state index in [9.17, 15) is 9.59 Å². The van der Waals surface area contributed by atoms with Crippen LogP contribution in [0.5, 0.6) is 0 Å². The lowest BCUT2D eigenvalue weighted by Gasteiger charge is -2.17. The maximum Gasteiger partial charge on any atom is 0.344 e. The number of benzene rings is 1. The number of hydrogen-bond donors (Lipinski definition) is 1. The Hall–Kier alpha value is -2.63. The Balaban J connectivity index is 1.83. The van der Waals surface area contributed by atoms with Gasteiger partial charge in [-0.2, -0.15) is 0 Å². The van der Waals surface area contributed by atoms with E-state index in [0.717, 1.165) is 12.8 Å². The average Bonchev–Trinajstić information content (AvgIpc) is 3.29. The summed E-state index contributed by atoms with van der Waals surface area (Å²) in [4.78, 5) is 24.9. The fourth-order valence-electron chi connectivity index (χ4n) is 2.35. The Kier molecular flexibility index (Phi) is 4.14. The molecule has 1 aliphatic carbocycles. The minimum atomic E-state index is -0.988. The number of hydrogen-bond acceptors (Lipinski definition) is 5. The highest BCUT2D eigenvalue weighted by atomic mass is 16.6. The normalized spacial score (nSPS) is 15.0. The van der Waals surface area contributed by atoms with E-state index in [1.807, 2.05) is 6.07 Å². The lowest BCUT2D eigenvalue weighted by molar-refractivity contribution is -0.130. The molecule has 23 heavy (non-hydrogen) atoms. The molecule has 0 saturated heterocycles. The van der Waals surface area contributed by atoms with Gasteiger partial charge in [0.1, 0.15) is 11.3 Å². The number of ether oxygens (including phenoxy) is 1. The first-order valence-electron chi connectivity index (χ1n) is 7.55. The van der Waals surface area contributed by atoms with Crippen molar-refractivity contribution in [1.82, 2.24) is 10.5 Å². The largest absolute Gasteiger partial charge is 0.444 e. The number of aromatic nitrogens is 1. The Morgan fingerprint density at radius 2 is 1.96 bits per heavy atom. The van der Waals surface area contributed by atoms with Gasteiger partial charge in [0.05, 0.1) is 5.69 Å². The Morgan fingerprint density at radius 3 is 2.52 bits per heavy atom. The highest BCUT2D eigenvalue weighted by Gasteiger charge is 2.32. The monoisotopic (exact) mass is 314 g/mol. The zero-order chi connectivity index (χ0) is 16.4. The summed E-state index contributed by atoms with van der Waals surface area (Å²) in [5, 5.41) is 6.62. The molecule has 0 bridgehead atoms. The summed E-state index contributed by atoms with van der Waals surface area (Å²) >= 11 is 0. The third-order valence-electron chi connectivity index (χ3n) is 3.73. The molecule has 0 aliphatic heterocycles. The molecule has 1 amide bonds. The van der Waals surface area contributed by atoms with Gasteiger partial charge in [-0.15, -0.1) is 0 Å². The average molecular weight is 314 g/mol. The predicted molar refractivity (Wildman–Crippen MR) is 81.7 cm³/mol.